The lowest BCUT2D eigenvalue weighted by Gasteiger charge is -2.20. The van der Waals surface area contributed by atoms with Crippen LogP contribution in [-0.2, 0) is 0 Å². The molecule has 1 aromatic heterocycles. The minimum absolute atomic E-state index is 0.115. The van der Waals surface area contributed by atoms with E-state index in [1.807, 2.05) is 18.2 Å². The van der Waals surface area contributed by atoms with Gasteiger partial charge in [-0.15, -0.1) is 0 Å². The number of benzene rings is 1. The van der Waals surface area contributed by atoms with Crippen LogP contribution in [0.1, 0.15) is 24.2 Å². The zero-order valence-corrected chi connectivity index (χ0v) is 11.4. The van der Waals surface area contributed by atoms with Crippen molar-refractivity contribution in [1.82, 2.24) is 9.88 Å². The van der Waals surface area contributed by atoms with E-state index in [4.69, 9.17) is 0 Å². The van der Waals surface area contributed by atoms with Gasteiger partial charge in [0.25, 0.3) is 5.91 Å². The summed E-state index contributed by atoms with van der Waals surface area (Å²) in [6, 6.07) is 8.73. The Kier molecular flexibility index (Phi) is 3.69. The van der Waals surface area contributed by atoms with E-state index in [1.165, 1.54) is 6.07 Å². The Morgan fingerprint density at radius 2 is 2.00 bits per heavy atom. The highest BCUT2D eigenvalue weighted by Crippen LogP contribution is 2.16. The van der Waals surface area contributed by atoms with Crippen LogP contribution in [0.2, 0.25) is 0 Å². The quantitative estimate of drug-likeness (QED) is 0.918. The lowest BCUT2D eigenvalue weighted by molar-refractivity contribution is 0.0781. The van der Waals surface area contributed by atoms with E-state index >= 15 is 0 Å². The van der Waals surface area contributed by atoms with Crippen LogP contribution in [0.15, 0.2) is 35.1 Å². The molecule has 1 N–H and O–H groups in total. The van der Waals surface area contributed by atoms with Crippen molar-refractivity contribution < 1.29 is 4.79 Å². The molecular formula is C15H18N2O2. The first-order valence-corrected chi connectivity index (χ1v) is 6.36. The van der Waals surface area contributed by atoms with Crippen LogP contribution in [0, 0.1) is 5.92 Å². The zero-order chi connectivity index (χ0) is 14.0. The van der Waals surface area contributed by atoms with Crippen molar-refractivity contribution in [3.63, 3.8) is 0 Å². The summed E-state index contributed by atoms with van der Waals surface area (Å²) in [6.07, 6.45) is 0. The van der Waals surface area contributed by atoms with Gasteiger partial charge in [0.2, 0.25) is 5.56 Å². The summed E-state index contributed by atoms with van der Waals surface area (Å²) in [5.41, 5.74) is 0.902. The predicted molar refractivity (Wildman–Crippen MR) is 76.4 cm³/mol. The molecule has 0 aliphatic carbocycles. The Morgan fingerprint density at radius 3 is 2.68 bits per heavy atom. The van der Waals surface area contributed by atoms with E-state index in [9.17, 15) is 9.59 Å². The molecule has 0 aliphatic rings. The number of carbonyl (C=O) groups excluding carboxylic acids is 1. The van der Waals surface area contributed by atoms with E-state index in [2.05, 4.69) is 18.8 Å². The van der Waals surface area contributed by atoms with Gasteiger partial charge in [-0.05, 0) is 12.0 Å². The van der Waals surface area contributed by atoms with Crippen LogP contribution in [0.3, 0.4) is 0 Å². The van der Waals surface area contributed by atoms with Crippen LogP contribution >= 0.6 is 0 Å². The Balaban J connectivity index is 2.50. The Hall–Kier alpha value is -2.10. The highest BCUT2D eigenvalue weighted by atomic mass is 16.2. The molecule has 0 saturated heterocycles. The van der Waals surface area contributed by atoms with Crippen molar-refractivity contribution in [2.45, 2.75) is 13.8 Å². The van der Waals surface area contributed by atoms with Crippen molar-refractivity contribution in [1.29, 1.82) is 0 Å². The number of hydrogen-bond donors (Lipinski definition) is 1. The molecule has 2 rings (SSSR count). The molecule has 4 nitrogen and oxygen atoms in total. The molecule has 4 heteroatoms. The van der Waals surface area contributed by atoms with Crippen LogP contribution in [-0.4, -0.2) is 29.4 Å². The molecule has 0 saturated carbocycles. The van der Waals surface area contributed by atoms with Gasteiger partial charge >= 0.3 is 0 Å². The highest BCUT2D eigenvalue weighted by molar-refractivity contribution is 6.05. The van der Waals surface area contributed by atoms with E-state index in [0.717, 1.165) is 5.39 Å². The lowest BCUT2D eigenvalue weighted by Crippen LogP contribution is -2.31. The SMILES string of the molecule is CC(C)CN(C)C(=O)c1cc(=O)[nH]c2ccccc12. The third kappa shape index (κ3) is 2.84. The van der Waals surface area contributed by atoms with Gasteiger partial charge in [-0.25, -0.2) is 0 Å². The van der Waals surface area contributed by atoms with E-state index in [-0.39, 0.29) is 11.5 Å². The van der Waals surface area contributed by atoms with E-state index in [0.29, 0.717) is 23.5 Å². The molecule has 0 bridgehead atoms. The number of aromatic amines is 1. The second-order valence-corrected chi connectivity index (χ2v) is 5.17. The first-order chi connectivity index (χ1) is 8.99. The third-order valence-corrected chi connectivity index (χ3v) is 2.97. The van der Waals surface area contributed by atoms with Gasteiger partial charge in [0.1, 0.15) is 0 Å². The lowest BCUT2D eigenvalue weighted by atomic mass is 10.1. The van der Waals surface area contributed by atoms with Crippen LogP contribution in [0.25, 0.3) is 10.9 Å². The molecule has 1 aromatic carbocycles. The summed E-state index contributed by atoms with van der Waals surface area (Å²) in [5, 5.41) is 0.780. The molecule has 0 spiro atoms. The monoisotopic (exact) mass is 258 g/mol. The number of amides is 1. The summed E-state index contributed by atoms with van der Waals surface area (Å²) in [6.45, 7) is 4.78. The first-order valence-electron chi connectivity index (χ1n) is 6.36. The Bertz CT molecular complexity index is 658. The molecule has 0 unspecified atom stereocenters. The number of rotatable bonds is 3. The van der Waals surface area contributed by atoms with Gasteiger partial charge in [0.15, 0.2) is 0 Å². The zero-order valence-electron chi connectivity index (χ0n) is 11.4. The fourth-order valence-corrected chi connectivity index (χ4v) is 2.22. The summed E-state index contributed by atoms with van der Waals surface area (Å²) in [5.74, 6) is 0.276. The number of H-pyrrole nitrogens is 1. The van der Waals surface area contributed by atoms with Gasteiger partial charge in [-0.3, -0.25) is 9.59 Å². The molecule has 0 radical (unpaired) electrons. The molecule has 2 aromatic rings. The predicted octanol–water partition coefficient (Wildman–Crippen LogP) is 2.26. The molecule has 19 heavy (non-hydrogen) atoms. The normalized spacial score (nSPS) is 10.9. The Labute approximate surface area is 112 Å². The standard InChI is InChI=1S/C15H18N2O2/c1-10(2)9-17(3)15(19)12-8-14(18)16-13-7-5-4-6-11(12)13/h4-8,10H,9H2,1-3H3,(H,16,18). The molecule has 1 heterocycles. The van der Waals surface area contributed by atoms with Crippen molar-refractivity contribution in [2.24, 2.45) is 5.92 Å². The van der Waals surface area contributed by atoms with Gasteiger partial charge in [-0.2, -0.15) is 0 Å². The summed E-state index contributed by atoms with van der Waals surface area (Å²) < 4.78 is 0. The number of carbonyl (C=O) groups is 1. The van der Waals surface area contributed by atoms with Crippen molar-refractivity contribution in [2.75, 3.05) is 13.6 Å². The first kappa shape index (κ1) is 13.3. The van der Waals surface area contributed by atoms with E-state index in [1.54, 1.807) is 18.0 Å². The third-order valence-electron chi connectivity index (χ3n) is 2.97. The van der Waals surface area contributed by atoms with Gasteiger partial charge in [0, 0.05) is 30.6 Å². The van der Waals surface area contributed by atoms with Crippen LogP contribution < -0.4 is 5.56 Å². The minimum atomic E-state index is -0.250. The molecule has 0 aliphatic heterocycles. The molecule has 0 atom stereocenters. The highest BCUT2D eigenvalue weighted by Gasteiger charge is 2.16. The van der Waals surface area contributed by atoms with Gasteiger partial charge < -0.3 is 9.88 Å². The summed E-state index contributed by atoms with van der Waals surface area (Å²) in [7, 11) is 1.76. The molecular weight excluding hydrogens is 240 g/mol. The number of para-hydroxylation sites is 1. The fraction of sp³-hybridized carbons (Fsp3) is 0.333. The second-order valence-electron chi connectivity index (χ2n) is 5.17. The largest absolute Gasteiger partial charge is 0.341 e. The summed E-state index contributed by atoms with van der Waals surface area (Å²) in [4.78, 5) is 28.4. The van der Waals surface area contributed by atoms with Crippen molar-refractivity contribution in [3.05, 3.63) is 46.2 Å². The molecule has 1 amide bonds. The number of hydrogen-bond acceptors (Lipinski definition) is 2. The fourth-order valence-electron chi connectivity index (χ4n) is 2.22. The number of fused-ring (bicyclic) bond motifs is 1. The van der Waals surface area contributed by atoms with Crippen molar-refractivity contribution >= 4 is 16.8 Å². The molecule has 0 fully saturated rings. The van der Waals surface area contributed by atoms with Crippen LogP contribution in [0.4, 0.5) is 0 Å². The summed E-state index contributed by atoms with van der Waals surface area (Å²) >= 11 is 0. The Morgan fingerprint density at radius 1 is 1.32 bits per heavy atom. The van der Waals surface area contributed by atoms with Gasteiger partial charge in [0.05, 0.1) is 5.56 Å². The number of aromatic nitrogens is 1. The van der Waals surface area contributed by atoms with Gasteiger partial charge in [-0.1, -0.05) is 32.0 Å². The number of pyridine rings is 1. The average Bonchev–Trinajstić information content (AvgIpc) is 2.36. The number of nitrogens with one attached hydrogen (secondary N) is 1. The second kappa shape index (κ2) is 5.26. The maximum Gasteiger partial charge on any atom is 0.254 e. The van der Waals surface area contributed by atoms with Crippen molar-refractivity contribution in [3.8, 4) is 0 Å². The minimum Gasteiger partial charge on any atom is -0.341 e. The van der Waals surface area contributed by atoms with Crippen LogP contribution in [0.5, 0.6) is 0 Å². The maximum atomic E-state index is 12.4. The smallest absolute Gasteiger partial charge is 0.254 e. The average molecular weight is 258 g/mol. The maximum absolute atomic E-state index is 12.4. The number of nitrogens with zero attached hydrogens (tertiary/aromatic N) is 1. The topological polar surface area (TPSA) is 53.2 Å². The molecule has 100 valence electrons. The van der Waals surface area contributed by atoms with E-state index < -0.39 is 0 Å².